The molecule has 0 spiro atoms. The number of hydrogen-bond acceptors (Lipinski definition) is 5. The first-order valence-electron chi connectivity index (χ1n) is 11.9. The molecule has 4 aromatic rings. The van der Waals surface area contributed by atoms with Crippen molar-refractivity contribution in [3.8, 4) is 0 Å². The molecule has 36 heavy (non-hydrogen) atoms. The molecule has 0 aliphatic carbocycles. The molecule has 9 heteroatoms. The van der Waals surface area contributed by atoms with Gasteiger partial charge < -0.3 is 0 Å². The largest absolute Gasteiger partial charge is 0.279 e. The predicted octanol–water partition coefficient (Wildman–Crippen LogP) is 6.72. The van der Waals surface area contributed by atoms with Gasteiger partial charge in [0.1, 0.15) is 0 Å². The Bertz CT molecular complexity index is 1440. The number of benzene rings is 3. The molecule has 188 valence electrons. The van der Waals surface area contributed by atoms with E-state index in [9.17, 15) is 13.2 Å². The first-order chi connectivity index (χ1) is 17.3. The number of rotatable bonds is 10. The lowest BCUT2D eigenvalue weighted by molar-refractivity contribution is 0.0985. The Kier molecular flexibility index (Phi) is 8.56. The summed E-state index contributed by atoms with van der Waals surface area (Å²) in [4.78, 5) is 20.3. The maximum Gasteiger partial charge on any atom is 0.260 e. The van der Waals surface area contributed by atoms with Crippen molar-refractivity contribution in [2.24, 2.45) is 0 Å². The fourth-order valence-corrected chi connectivity index (χ4v) is 6.85. The minimum atomic E-state index is -3.61. The van der Waals surface area contributed by atoms with Crippen LogP contribution < -0.4 is 4.90 Å². The van der Waals surface area contributed by atoms with Crippen molar-refractivity contribution in [2.45, 2.75) is 38.1 Å². The molecule has 0 radical (unpaired) electrons. The summed E-state index contributed by atoms with van der Waals surface area (Å²) in [7, 11) is -3.61. The molecule has 0 unspecified atom stereocenters. The van der Waals surface area contributed by atoms with Crippen molar-refractivity contribution in [2.75, 3.05) is 18.0 Å². The summed E-state index contributed by atoms with van der Waals surface area (Å²) in [6, 6.07) is 21.8. The summed E-state index contributed by atoms with van der Waals surface area (Å²) < 4.78 is 29.6. The van der Waals surface area contributed by atoms with Crippen LogP contribution in [-0.4, -0.2) is 36.7 Å². The molecule has 0 aliphatic heterocycles. The van der Waals surface area contributed by atoms with Gasteiger partial charge in [-0.3, -0.25) is 9.69 Å². The Morgan fingerprint density at radius 3 is 2.39 bits per heavy atom. The zero-order valence-electron chi connectivity index (χ0n) is 20.2. The van der Waals surface area contributed by atoms with Crippen LogP contribution in [0.3, 0.4) is 0 Å². The van der Waals surface area contributed by atoms with E-state index in [-0.39, 0.29) is 10.8 Å². The van der Waals surface area contributed by atoms with Gasteiger partial charge in [-0.15, -0.1) is 0 Å². The lowest BCUT2D eigenvalue weighted by atomic mass is 10.1. The highest BCUT2D eigenvalue weighted by Gasteiger charge is 2.25. The van der Waals surface area contributed by atoms with Crippen LogP contribution >= 0.6 is 27.3 Å². The first-order valence-corrected chi connectivity index (χ1v) is 14.9. The highest BCUT2D eigenvalue weighted by Crippen LogP contribution is 2.32. The number of hydrogen-bond donors (Lipinski definition) is 0. The summed E-state index contributed by atoms with van der Waals surface area (Å²) in [5.74, 6) is -0.237. The Morgan fingerprint density at radius 1 is 1.00 bits per heavy atom. The van der Waals surface area contributed by atoms with Crippen LogP contribution in [0.25, 0.3) is 10.2 Å². The highest BCUT2D eigenvalue weighted by atomic mass is 79.9. The van der Waals surface area contributed by atoms with E-state index in [1.54, 1.807) is 17.0 Å². The van der Waals surface area contributed by atoms with Crippen molar-refractivity contribution in [3.63, 3.8) is 0 Å². The smallest absolute Gasteiger partial charge is 0.260 e. The van der Waals surface area contributed by atoms with Crippen LogP contribution in [0.5, 0.6) is 0 Å². The monoisotopic (exact) mass is 585 g/mol. The molecular formula is C27H28BrN3O3S2. The van der Waals surface area contributed by atoms with Crippen LogP contribution in [-0.2, 0) is 16.6 Å². The van der Waals surface area contributed by atoms with Gasteiger partial charge in [0.05, 0.1) is 21.7 Å². The van der Waals surface area contributed by atoms with Crippen molar-refractivity contribution in [1.82, 2.24) is 9.29 Å². The molecule has 1 heterocycles. The normalized spacial score (nSPS) is 11.8. The summed E-state index contributed by atoms with van der Waals surface area (Å²) in [5.41, 5.74) is 2.19. The summed E-state index contributed by atoms with van der Waals surface area (Å²) in [6.45, 7) is 5.10. The number of fused-ring (bicyclic) bond motifs is 1. The SMILES string of the molecule is CCCCN(CC)S(=O)(=O)c1ccc(C(=O)N(Cc2ccccc2)c2nc3ccc(Br)cc3s2)cc1. The third-order valence-corrected chi connectivity index (χ3v) is 9.37. The van der Waals surface area contributed by atoms with E-state index in [0.717, 1.165) is 33.1 Å². The van der Waals surface area contributed by atoms with Gasteiger partial charge in [-0.25, -0.2) is 13.4 Å². The number of anilines is 1. The van der Waals surface area contributed by atoms with Gasteiger partial charge in [0.25, 0.3) is 5.91 Å². The second-order valence-electron chi connectivity index (χ2n) is 8.36. The molecule has 0 saturated carbocycles. The first kappa shape index (κ1) is 26.5. The number of unbranched alkanes of at least 4 members (excludes halogenated alkanes) is 1. The van der Waals surface area contributed by atoms with Crippen LogP contribution in [0, 0.1) is 0 Å². The van der Waals surface area contributed by atoms with Crippen molar-refractivity contribution in [1.29, 1.82) is 0 Å². The van der Waals surface area contributed by atoms with E-state index in [1.807, 2.05) is 62.4 Å². The number of aromatic nitrogens is 1. The molecule has 0 saturated heterocycles. The summed E-state index contributed by atoms with van der Waals surface area (Å²) in [5, 5.41) is 0.588. The molecule has 0 atom stereocenters. The molecule has 0 bridgehead atoms. The number of sulfonamides is 1. The number of amides is 1. The van der Waals surface area contributed by atoms with Crippen molar-refractivity contribution >= 4 is 58.5 Å². The Hall–Kier alpha value is -2.59. The van der Waals surface area contributed by atoms with Gasteiger partial charge in [-0.05, 0) is 54.4 Å². The molecule has 1 aromatic heterocycles. The van der Waals surface area contributed by atoms with Gasteiger partial charge in [-0.2, -0.15) is 4.31 Å². The van der Waals surface area contributed by atoms with Gasteiger partial charge in [0.2, 0.25) is 10.0 Å². The minimum absolute atomic E-state index is 0.191. The van der Waals surface area contributed by atoms with Gasteiger partial charge in [0, 0.05) is 23.1 Å². The lowest BCUT2D eigenvalue weighted by Gasteiger charge is -2.22. The standard InChI is InChI=1S/C27H28BrN3O3S2/c1-3-5-17-30(4-2)36(33,34)23-14-11-21(12-15-23)26(32)31(19-20-9-7-6-8-10-20)27-29-24-16-13-22(28)18-25(24)35-27/h6-16,18H,3-5,17,19H2,1-2H3. The maximum absolute atomic E-state index is 13.7. The van der Waals surface area contributed by atoms with Crippen molar-refractivity contribution in [3.05, 3.63) is 88.4 Å². The zero-order chi connectivity index (χ0) is 25.7. The molecule has 3 aromatic carbocycles. The zero-order valence-corrected chi connectivity index (χ0v) is 23.4. The third kappa shape index (κ3) is 5.86. The fraction of sp³-hybridized carbons (Fsp3) is 0.259. The molecule has 4 rings (SSSR count). The molecular weight excluding hydrogens is 558 g/mol. The quantitative estimate of drug-likeness (QED) is 0.207. The topological polar surface area (TPSA) is 70.6 Å². The van der Waals surface area contributed by atoms with Gasteiger partial charge >= 0.3 is 0 Å². The number of carbonyl (C=O) groups excluding carboxylic acids is 1. The van der Waals surface area contributed by atoms with Crippen molar-refractivity contribution < 1.29 is 13.2 Å². The Labute approximate surface area is 224 Å². The Balaban J connectivity index is 1.66. The molecule has 0 fully saturated rings. The van der Waals surface area contributed by atoms with Crippen LogP contribution in [0.2, 0.25) is 0 Å². The van der Waals surface area contributed by atoms with E-state index in [1.165, 1.54) is 27.8 Å². The summed E-state index contributed by atoms with van der Waals surface area (Å²) >= 11 is 4.94. The molecule has 6 nitrogen and oxygen atoms in total. The van der Waals surface area contributed by atoms with E-state index in [0.29, 0.717) is 30.3 Å². The average molecular weight is 587 g/mol. The minimum Gasteiger partial charge on any atom is -0.279 e. The highest BCUT2D eigenvalue weighted by molar-refractivity contribution is 9.10. The van der Waals surface area contributed by atoms with Gasteiger partial charge in [-0.1, -0.05) is 77.9 Å². The molecule has 0 aliphatic rings. The van der Waals surface area contributed by atoms with E-state index in [2.05, 4.69) is 15.9 Å². The lowest BCUT2D eigenvalue weighted by Crippen LogP contribution is -2.32. The molecule has 0 N–H and O–H groups in total. The van der Waals surface area contributed by atoms with Crippen LogP contribution in [0.15, 0.2) is 82.2 Å². The number of halogens is 1. The van der Waals surface area contributed by atoms with Crippen LogP contribution in [0.4, 0.5) is 5.13 Å². The molecule has 1 amide bonds. The number of nitrogens with zero attached hydrogens (tertiary/aromatic N) is 3. The Morgan fingerprint density at radius 2 is 1.72 bits per heavy atom. The summed E-state index contributed by atoms with van der Waals surface area (Å²) in [6.07, 6.45) is 1.72. The van der Waals surface area contributed by atoms with Crippen LogP contribution in [0.1, 0.15) is 42.6 Å². The second kappa shape index (κ2) is 11.6. The number of carbonyl (C=O) groups is 1. The second-order valence-corrected chi connectivity index (χ2v) is 12.2. The van der Waals surface area contributed by atoms with E-state index in [4.69, 9.17) is 4.98 Å². The number of thiazole rings is 1. The maximum atomic E-state index is 13.7. The fourth-order valence-electron chi connectivity index (χ4n) is 3.85. The predicted molar refractivity (Wildman–Crippen MR) is 150 cm³/mol. The van der Waals surface area contributed by atoms with Gasteiger partial charge in [0.15, 0.2) is 5.13 Å². The van der Waals surface area contributed by atoms with E-state index < -0.39 is 10.0 Å². The average Bonchev–Trinajstić information content (AvgIpc) is 3.31. The van der Waals surface area contributed by atoms with E-state index >= 15 is 0 Å². The third-order valence-electron chi connectivity index (χ3n) is 5.85.